The second-order valence-corrected chi connectivity index (χ2v) is 2.96. The number of hydrazine groups is 1. The summed E-state index contributed by atoms with van der Waals surface area (Å²) in [7, 11) is 0. The molecule has 0 spiro atoms. The van der Waals surface area contributed by atoms with Gasteiger partial charge in [0.15, 0.2) is 0 Å². The first-order valence-corrected chi connectivity index (χ1v) is 4.46. The SMILES string of the molecule is CCCn1ccnc1C(NN)C(F)F. The number of nitrogens with zero attached hydrogens (tertiary/aromatic N) is 2. The Morgan fingerprint density at radius 1 is 1.64 bits per heavy atom. The Morgan fingerprint density at radius 2 is 2.36 bits per heavy atom. The molecule has 0 aliphatic rings. The minimum absolute atomic E-state index is 0.282. The molecule has 3 N–H and O–H groups in total. The van der Waals surface area contributed by atoms with Crippen molar-refractivity contribution in [2.45, 2.75) is 32.4 Å². The van der Waals surface area contributed by atoms with Gasteiger partial charge in [0.2, 0.25) is 0 Å². The number of halogens is 2. The highest BCUT2D eigenvalue weighted by molar-refractivity contribution is 5.00. The Hall–Kier alpha value is -1.01. The van der Waals surface area contributed by atoms with Gasteiger partial charge in [-0.05, 0) is 6.42 Å². The Kier molecular flexibility index (Phi) is 3.97. The molecule has 6 heteroatoms. The van der Waals surface area contributed by atoms with Crippen LogP contribution in [0.2, 0.25) is 0 Å². The van der Waals surface area contributed by atoms with E-state index in [4.69, 9.17) is 5.84 Å². The molecule has 0 amide bonds. The Labute approximate surface area is 81.1 Å². The fraction of sp³-hybridized carbons (Fsp3) is 0.625. The molecule has 1 aromatic rings. The zero-order chi connectivity index (χ0) is 10.6. The van der Waals surface area contributed by atoms with Crippen molar-refractivity contribution >= 4 is 0 Å². The van der Waals surface area contributed by atoms with E-state index in [0.29, 0.717) is 6.54 Å². The van der Waals surface area contributed by atoms with Gasteiger partial charge in [-0.25, -0.2) is 19.2 Å². The molecule has 0 aliphatic carbocycles. The van der Waals surface area contributed by atoms with Crippen LogP contribution in [-0.2, 0) is 6.54 Å². The molecule has 1 aromatic heterocycles. The fourth-order valence-corrected chi connectivity index (χ4v) is 1.29. The molecule has 4 nitrogen and oxygen atoms in total. The van der Waals surface area contributed by atoms with Crippen LogP contribution >= 0.6 is 0 Å². The predicted molar refractivity (Wildman–Crippen MR) is 48.6 cm³/mol. The lowest BCUT2D eigenvalue weighted by Gasteiger charge is -2.15. The Balaban J connectivity index is 2.86. The largest absolute Gasteiger partial charge is 0.333 e. The molecule has 0 bridgehead atoms. The third-order valence-corrected chi connectivity index (χ3v) is 1.92. The van der Waals surface area contributed by atoms with E-state index in [0.717, 1.165) is 6.42 Å². The van der Waals surface area contributed by atoms with Crippen molar-refractivity contribution in [1.29, 1.82) is 0 Å². The summed E-state index contributed by atoms with van der Waals surface area (Å²) < 4.78 is 26.7. The normalized spacial score (nSPS) is 13.5. The molecule has 0 aromatic carbocycles. The second kappa shape index (κ2) is 5.02. The number of aromatic nitrogens is 2. The van der Waals surface area contributed by atoms with E-state index in [1.165, 1.54) is 6.20 Å². The molecule has 0 aliphatic heterocycles. The molecule has 1 heterocycles. The van der Waals surface area contributed by atoms with Gasteiger partial charge in [-0.2, -0.15) is 0 Å². The fourth-order valence-electron chi connectivity index (χ4n) is 1.29. The van der Waals surface area contributed by atoms with Gasteiger partial charge < -0.3 is 4.57 Å². The highest BCUT2D eigenvalue weighted by Gasteiger charge is 2.24. The lowest BCUT2D eigenvalue weighted by atomic mass is 10.3. The summed E-state index contributed by atoms with van der Waals surface area (Å²) in [6.07, 6.45) is 1.48. The van der Waals surface area contributed by atoms with Gasteiger partial charge in [0.1, 0.15) is 11.9 Å². The van der Waals surface area contributed by atoms with Gasteiger partial charge in [0.05, 0.1) is 0 Å². The minimum atomic E-state index is -2.56. The standard InChI is InChI=1S/C8H14F2N4/c1-2-4-14-5-3-12-8(14)6(13-11)7(9)10/h3,5-7,13H,2,4,11H2,1H3. The van der Waals surface area contributed by atoms with Crippen molar-refractivity contribution in [3.8, 4) is 0 Å². The molecule has 1 atom stereocenters. The monoisotopic (exact) mass is 204 g/mol. The quantitative estimate of drug-likeness (QED) is 0.557. The summed E-state index contributed by atoms with van der Waals surface area (Å²) in [4.78, 5) is 3.87. The number of aryl methyl sites for hydroxylation is 1. The number of alkyl halides is 2. The number of rotatable bonds is 5. The lowest BCUT2D eigenvalue weighted by Crippen LogP contribution is -2.35. The Bertz CT molecular complexity index is 274. The minimum Gasteiger partial charge on any atom is -0.333 e. The maximum Gasteiger partial charge on any atom is 0.262 e. The van der Waals surface area contributed by atoms with Gasteiger partial charge >= 0.3 is 0 Å². The molecule has 1 rings (SSSR count). The van der Waals surface area contributed by atoms with E-state index in [9.17, 15) is 8.78 Å². The maximum atomic E-state index is 12.5. The summed E-state index contributed by atoms with van der Waals surface area (Å²) in [6.45, 7) is 2.64. The van der Waals surface area contributed by atoms with Gasteiger partial charge in [0, 0.05) is 18.9 Å². The average Bonchev–Trinajstić information content (AvgIpc) is 2.55. The molecule has 80 valence electrons. The van der Waals surface area contributed by atoms with Crippen molar-refractivity contribution < 1.29 is 8.78 Å². The smallest absolute Gasteiger partial charge is 0.262 e. The third kappa shape index (κ3) is 2.27. The van der Waals surface area contributed by atoms with E-state index in [-0.39, 0.29) is 5.82 Å². The first kappa shape index (κ1) is 11.1. The first-order chi connectivity index (χ1) is 6.70. The number of hydrogen-bond donors (Lipinski definition) is 2. The number of nitrogens with two attached hydrogens (primary N) is 1. The molecule has 0 fully saturated rings. The van der Waals surface area contributed by atoms with E-state index in [1.807, 2.05) is 6.92 Å². The number of imidazole rings is 1. The maximum absolute atomic E-state index is 12.5. The second-order valence-electron chi connectivity index (χ2n) is 2.96. The summed E-state index contributed by atoms with van der Waals surface area (Å²) in [6, 6.07) is -1.20. The van der Waals surface area contributed by atoms with Gasteiger partial charge in [-0.15, -0.1) is 0 Å². The molecule has 0 saturated heterocycles. The van der Waals surface area contributed by atoms with Crippen molar-refractivity contribution in [2.75, 3.05) is 0 Å². The topological polar surface area (TPSA) is 55.9 Å². The van der Waals surface area contributed by atoms with Crippen LogP contribution in [0.25, 0.3) is 0 Å². The van der Waals surface area contributed by atoms with Crippen molar-refractivity contribution in [3.63, 3.8) is 0 Å². The molecule has 1 unspecified atom stereocenters. The summed E-state index contributed by atoms with van der Waals surface area (Å²) in [5.41, 5.74) is 2.07. The molecule has 0 radical (unpaired) electrons. The lowest BCUT2D eigenvalue weighted by molar-refractivity contribution is 0.0929. The van der Waals surface area contributed by atoms with E-state index >= 15 is 0 Å². The molecular weight excluding hydrogens is 190 g/mol. The summed E-state index contributed by atoms with van der Waals surface area (Å²) in [5.74, 6) is 5.33. The van der Waals surface area contributed by atoms with Crippen LogP contribution in [0.1, 0.15) is 25.2 Å². The predicted octanol–water partition coefficient (Wildman–Crippen LogP) is 1.06. The van der Waals surface area contributed by atoms with Crippen molar-refractivity contribution in [2.24, 2.45) is 5.84 Å². The summed E-state index contributed by atoms with van der Waals surface area (Å²) in [5, 5.41) is 0. The number of hydrogen-bond acceptors (Lipinski definition) is 3. The van der Waals surface area contributed by atoms with Crippen LogP contribution < -0.4 is 11.3 Å². The average molecular weight is 204 g/mol. The van der Waals surface area contributed by atoms with Crippen LogP contribution in [0.4, 0.5) is 8.78 Å². The van der Waals surface area contributed by atoms with Crippen LogP contribution in [0.3, 0.4) is 0 Å². The zero-order valence-electron chi connectivity index (χ0n) is 7.95. The van der Waals surface area contributed by atoms with Crippen molar-refractivity contribution in [3.05, 3.63) is 18.2 Å². The first-order valence-electron chi connectivity index (χ1n) is 4.46. The Morgan fingerprint density at radius 3 is 2.86 bits per heavy atom. The van der Waals surface area contributed by atoms with E-state index in [1.54, 1.807) is 10.8 Å². The van der Waals surface area contributed by atoms with Gasteiger partial charge in [0.25, 0.3) is 6.43 Å². The molecule has 14 heavy (non-hydrogen) atoms. The van der Waals surface area contributed by atoms with E-state index in [2.05, 4.69) is 10.4 Å². The van der Waals surface area contributed by atoms with Crippen LogP contribution in [0.15, 0.2) is 12.4 Å². The van der Waals surface area contributed by atoms with E-state index < -0.39 is 12.5 Å². The van der Waals surface area contributed by atoms with Gasteiger partial charge in [-0.3, -0.25) is 5.84 Å². The number of nitrogens with one attached hydrogen (secondary N) is 1. The molecular formula is C8H14F2N4. The van der Waals surface area contributed by atoms with Crippen LogP contribution in [-0.4, -0.2) is 16.0 Å². The van der Waals surface area contributed by atoms with Crippen LogP contribution in [0, 0.1) is 0 Å². The third-order valence-electron chi connectivity index (χ3n) is 1.92. The zero-order valence-corrected chi connectivity index (χ0v) is 7.95. The highest BCUT2D eigenvalue weighted by atomic mass is 19.3. The molecule has 0 saturated carbocycles. The van der Waals surface area contributed by atoms with Crippen LogP contribution in [0.5, 0.6) is 0 Å². The highest BCUT2D eigenvalue weighted by Crippen LogP contribution is 2.18. The summed E-state index contributed by atoms with van der Waals surface area (Å²) >= 11 is 0. The van der Waals surface area contributed by atoms with Gasteiger partial charge in [-0.1, -0.05) is 6.92 Å². The van der Waals surface area contributed by atoms with Crippen molar-refractivity contribution in [1.82, 2.24) is 15.0 Å².